The lowest BCUT2D eigenvalue weighted by molar-refractivity contribution is 0.399. The molecular formula is C18H19NO2. The van der Waals surface area contributed by atoms with E-state index in [-0.39, 0.29) is 6.04 Å². The molecule has 0 saturated carbocycles. The van der Waals surface area contributed by atoms with Crippen molar-refractivity contribution in [1.82, 2.24) is 5.32 Å². The summed E-state index contributed by atoms with van der Waals surface area (Å²) in [6.45, 7) is 2.81. The number of benzene rings is 2. The zero-order chi connectivity index (χ0) is 14.7. The zero-order valence-electron chi connectivity index (χ0n) is 12.3. The van der Waals surface area contributed by atoms with E-state index < -0.39 is 0 Å². The predicted molar refractivity (Wildman–Crippen MR) is 84.5 cm³/mol. The molecule has 0 saturated heterocycles. The Bertz CT molecular complexity index is 700. The molecule has 3 rings (SSSR count). The van der Waals surface area contributed by atoms with E-state index in [2.05, 4.69) is 30.4 Å². The van der Waals surface area contributed by atoms with Crippen LogP contribution in [-0.2, 0) is 6.54 Å². The lowest BCUT2D eigenvalue weighted by Gasteiger charge is -2.16. The fourth-order valence-corrected chi connectivity index (χ4v) is 2.51. The molecule has 0 amide bonds. The number of hydrogen-bond acceptors (Lipinski definition) is 3. The van der Waals surface area contributed by atoms with E-state index in [1.807, 2.05) is 36.4 Å². The van der Waals surface area contributed by atoms with Crippen LogP contribution in [0, 0.1) is 0 Å². The van der Waals surface area contributed by atoms with Gasteiger partial charge >= 0.3 is 0 Å². The van der Waals surface area contributed by atoms with E-state index in [9.17, 15) is 0 Å². The van der Waals surface area contributed by atoms with Crippen molar-refractivity contribution in [3.63, 3.8) is 0 Å². The standard InChI is InChI=1S/C18H19NO2/c1-13(16-8-4-6-10-18(16)20-2)19-12-15-11-14-7-3-5-9-17(14)21-15/h3-11,13,19H,12H2,1-2H3/t13-/m1/s1. The van der Waals surface area contributed by atoms with Crippen LogP contribution < -0.4 is 10.1 Å². The lowest BCUT2D eigenvalue weighted by Crippen LogP contribution is -2.18. The molecule has 1 heterocycles. The summed E-state index contributed by atoms with van der Waals surface area (Å²) in [6, 6.07) is 18.4. The van der Waals surface area contributed by atoms with Crippen LogP contribution in [0.3, 0.4) is 0 Å². The third kappa shape index (κ3) is 2.93. The van der Waals surface area contributed by atoms with Crippen LogP contribution >= 0.6 is 0 Å². The molecular weight excluding hydrogens is 262 g/mol. The second-order valence-corrected chi connectivity index (χ2v) is 5.10. The average Bonchev–Trinajstić information content (AvgIpc) is 2.95. The van der Waals surface area contributed by atoms with Gasteiger partial charge in [-0.3, -0.25) is 0 Å². The molecule has 2 aromatic carbocycles. The fraction of sp³-hybridized carbons (Fsp3) is 0.222. The molecule has 0 bridgehead atoms. The van der Waals surface area contributed by atoms with Gasteiger partial charge in [0.1, 0.15) is 17.1 Å². The number of rotatable bonds is 5. The first-order valence-corrected chi connectivity index (χ1v) is 7.11. The number of methoxy groups -OCH3 is 1. The number of ether oxygens (including phenoxy) is 1. The molecule has 3 nitrogen and oxygen atoms in total. The maximum Gasteiger partial charge on any atom is 0.134 e. The largest absolute Gasteiger partial charge is 0.496 e. The van der Waals surface area contributed by atoms with Crippen LogP contribution in [0.5, 0.6) is 5.75 Å². The first-order chi connectivity index (χ1) is 10.3. The molecule has 3 aromatic rings. The highest BCUT2D eigenvalue weighted by Crippen LogP contribution is 2.25. The number of hydrogen-bond donors (Lipinski definition) is 1. The number of para-hydroxylation sites is 2. The van der Waals surface area contributed by atoms with Gasteiger partial charge < -0.3 is 14.5 Å². The monoisotopic (exact) mass is 281 g/mol. The highest BCUT2D eigenvalue weighted by Gasteiger charge is 2.11. The summed E-state index contributed by atoms with van der Waals surface area (Å²) in [5.41, 5.74) is 2.08. The summed E-state index contributed by atoms with van der Waals surface area (Å²) >= 11 is 0. The van der Waals surface area contributed by atoms with E-state index in [4.69, 9.17) is 9.15 Å². The van der Waals surface area contributed by atoms with Crippen molar-refractivity contribution in [3.8, 4) is 5.75 Å². The zero-order valence-corrected chi connectivity index (χ0v) is 12.3. The summed E-state index contributed by atoms with van der Waals surface area (Å²) in [7, 11) is 1.70. The molecule has 0 aliphatic carbocycles. The Balaban J connectivity index is 1.72. The molecule has 1 atom stereocenters. The lowest BCUT2D eigenvalue weighted by atomic mass is 10.1. The van der Waals surface area contributed by atoms with Gasteiger partial charge in [-0.1, -0.05) is 36.4 Å². The molecule has 21 heavy (non-hydrogen) atoms. The third-order valence-electron chi connectivity index (χ3n) is 3.66. The fourth-order valence-electron chi connectivity index (χ4n) is 2.51. The van der Waals surface area contributed by atoms with Gasteiger partial charge in [0.25, 0.3) is 0 Å². The van der Waals surface area contributed by atoms with Gasteiger partial charge in [0, 0.05) is 17.0 Å². The highest BCUT2D eigenvalue weighted by atomic mass is 16.5. The van der Waals surface area contributed by atoms with E-state index >= 15 is 0 Å². The summed E-state index contributed by atoms with van der Waals surface area (Å²) in [6.07, 6.45) is 0. The van der Waals surface area contributed by atoms with Gasteiger partial charge in [-0.15, -0.1) is 0 Å². The maximum atomic E-state index is 5.82. The summed E-state index contributed by atoms with van der Waals surface area (Å²) in [4.78, 5) is 0. The molecule has 0 radical (unpaired) electrons. The highest BCUT2D eigenvalue weighted by molar-refractivity contribution is 5.77. The van der Waals surface area contributed by atoms with Crippen LogP contribution in [0.25, 0.3) is 11.0 Å². The van der Waals surface area contributed by atoms with E-state index in [0.717, 1.165) is 28.0 Å². The van der Waals surface area contributed by atoms with Crippen molar-refractivity contribution in [2.45, 2.75) is 19.5 Å². The minimum absolute atomic E-state index is 0.189. The normalized spacial score (nSPS) is 12.5. The van der Waals surface area contributed by atoms with Crippen molar-refractivity contribution in [2.24, 2.45) is 0 Å². The Morgan fingerprint density at radius 1 is 1.10 bits per heavy atom. The first kappa shape index (κ1) is 13.7. The van der Waals surface area contributed by atoms with Crippen molar-refractivity contribution >= 4 is 11.0 Å². The number of nitrogens with one attached hydrogen (secondary N) is 1. The SMILES string of the molecule is COc1ccccc1[C@@H](C)NCc1cc2ccccc2o1. The minimum Gasteiger partial charge on any atom is -0.496 e. The van der Waals surface area contributed by atoms with Crippen molar-refractivity contribution < 1.29 is 9.15 Å². The van der Waals surface area contributed by atoms with Gasteiger partial charge in [-0.05, 0) is 25.1 Å². The van der Waals surface area contributed by atoms with E-state index in [0.29, 0.717) is 6.54 Å². The molecule has 0 fully saturated rings. The number of furan rings is 1. The quantitative estimate of drug-likeness (QED) is 0.757. The maximum absolute atomic E-state index is 5.82. The van der Waals surface area contributed by atoms with Crippen LogP contribution in [-0.4, -0.2) is 7.11 Å². The Morgan fingerprint density at radius 2 is 1.86 bits per heavy atom. The van der Waals surface area contributed by atoms with Crippen LogP contribution in [0.15, 0.2) is 59.0 Å². The summed E-state index contributed by atoms with van der Waals surface area (Å²) < 4.78 is 11.2. The Labute approximate surface area is 124 Å². The minimum atomic E-state index is 0.189. The van der Waals surface area contributed by atoms with Gasteiger partial charge in [0.2, 0.25) is 0 Å². The van der Waals surface area contributed by atoms with E-state index in [1.54, 1.807) is 7.11 Å². The summed E-state index contributed by atoms with van der Waals surface area (Å²) in [5.74, 6) is 1.85. The van der Waals surface area contributed by atoms with Gasteiger partial charge in [-0.25, -0.2) is 0 Å². The number of fused-ring (bicyclic) bond motifs is 1. The Kier molecular flexibility index (Phi) is 3.93. The smallest absolute Gasteiger partial charge is 0.134 e. The summed E-state index contributed by atoms with van der Waals surface area (Å²) in [5, 5.41) is 4.62. The molecule has 0 unspecified atom stereocenters. The van der Waals surface area contributed by atoms with Crippen LogP contribution in [0.4, 0.5) is 0 Å². The molecule has 0 aliphatic rings. The molecule has 1 N–H and O–H groups in total. The third-order valence-corrected chi connectivity index (χ3v) is 3.66. The molecule has 108 valence electrons. The van der Waals surface area contributed by atoms with Gasteiger partial charge in [0.05, 0.1) is 13.7 Å². The van der Waals surface area contributed by atoms with Gasteiger partial charge in [0.15, 0.2) is 0 Å². The van der Waals surface area contributed by atoms with E-state index in [1.165, 1.54) is 0 Å². The Hall–Kier alpha value is -2.26. The van der Waals surface area contributed by atoms with Crippen LogP contribution in [0.2, 0.25) is 0 Å². The topological polar surface area (TPSA) is 34.4 Å². The molecule has 0 spiro atoms. The van der Waals surface area contributed by atoms with Crippen molar-refractivity contribution in [2.75, 3.05) is 7.11 Å². The van der Waals surface area contributed by atoms with Crippen molar-refractivity contribution in [1.29, 1.82) is 0 Å². The Morgan fingerprint density at radius 3 is 2.67 bits per heavy atom. The van der Waals surface area contributed by atoms with Crippen molar-refractivity contribution in [3.05, 3.63) is 65.9 Å². The second kappa shape index (κ2) is 6.02. The first-order valence-electron chi connectivity index (χ1n) is 7.11. The van der Waals surface area contributed by atoms with Crippen LogP contribution in [0.1, 0.15) is 24.3 Å². The second-order valence-electron chi connectivity index (χ2n) is 5.10. The molecule has 3 heteroatoms. The molecule has 1 aromatic heterocycles. The average molecular weight is 281 g/mol. The molecule has 0 aliphatic heterocycles. The van der Waals surface area contributed by atoms with Gasteiger partial charge in [-0.2, -0.15) is 0 Å². The predicted octanol–water partition coefficient (Wildman–Crippen LogP) is 4.29.